The summed E-state index contributed by atoms with van der Waals surface area (Å²) in [6, 6.07) is 13.4. The van der Waals surface area contributed by atoms with E-state index in [2.05, 4.69) is 26.0 Å². The van der Waals surface area contributed by atoms with Crippen molar-refractivity contribution in [3.05, 3.63) is 100 Å². The molecule has 4 rings (SSSR count). The summed E-state index contributed by atoms with van der Waals surface area (Å²) in [6.07, 6.45) is 1.32. The summed E-state index contributed by atoms with van der Waals surface area (Å²) in [5.41, 5.74) is 0.370. The molecule has 0 fully saturated rings. The first-order valence-corrected chi connectivity index (χ1v) is 11.6. The van der Waals surface area contributed by atoms with Crippen molar-refractivity contribution in [1.82, 2.24) is 9.66 Å². The Labute approximate surface area is 216 Å². The molecule has 0 aliphatic heterocycles. The van der Waals surface area contributed by atoms with E-state index in [0.717, 1.165) is 4.68 Å². The molecule has 0 spiro atoms. The second-order valence-electron chi connectivity index (χ2n) is 6.99. The lowest BCUT2D eigenvalue weighted by molar-refractivity contribution is 0.284. The van der Waals surface area contributed by atoms with Crippen LogP contribution in [0.2, 0.25) is 15.1 Å². The maximum absolute atomic E-state index is 12.7. The number of nitrogens with zero attached hydrogens (tertiary/aromatic N) is 2. The van der Waals surface area contributed by atoms with E-state index in [-0.39, 0.29) is 17.4 Å². The van der Waals surface area contributed by atoms with Gasteiger partial charge in [0, 0.05) is 25.6 Å². The van der Waals surface area contributed by atoms with Crippen molar-refractivity contribution in [1.29, 1.82) is 0 Å². The second kappa shape index (κ2) is 10.2. The number of H-pyrrole nitrogens is 1. The monoisotopic (exact) mass is 581 g/mol. The van der Waals surface area contributed by atoms with Crippen LogP contribution >= 0.6 is 50.7 Å². The number of methoxy groups -OCH3 is 1. The third-order valence-corrected chi connectivity index (χ3v) is 6.89. The van der Waals surface area contributed by atoms with Gasteiger partial charge in [-0.1, -0.05) is 53.0 Å². The van der Waals surface area contributed by atoms with Gasteiger partial charge >= 0.3 is 5.69 Å². The van der Waals surface area contributed by atoms with Crippen LogP contribution < -0.4 is 20.7 Å². The van der Waals surface area contributed by atoms with Crippen LogP contribution in [0.3, 0.4) is 0 Å². The highest BCUT2D eigenvalue weighted by molar-refractivity contribution is 9.10. The largest absolute Gasteiger partial charge is 0.493 e. The van der Waals surface area contributed by atoms with Gasteiger partial charge in [-0.05, 0) is 46.3 Å². The molecular formula is C23H15BrCl3N3O4. The van der Waals surface area contributed by atoms with E-state index in [0.29, 0.717) is 42.3 Å². The maximum atomic E-state index is 12.7. The number of aromatic amines is 1. The molecule has 0 amide bonds. The van der Waals surface area contributed by atoms with Crippen LogP contribution in [0.1, 0.15) is 11.1 Å². The van der Waals surface area contributed by atoms with E-state index < -0.39 is 11.2 Å². The summed E-state index contributed by atoms with van der Waals surface area (Å²) >= 11 is 22.1. The van der Waals surface area contributed by atoms with E-state index in [1.54, 1.807) is 48.5 Å². The lowest BCUT2D eigenvalue weighted by Crippen LogP contribution is -2.32. The van der Waals surface area contributed by atoms with E-state index in [1.807, 2.05) is 0 Å². The number of fused-ring (bicyclic) bond motifs is 1. The Kier molecular flexibility index (Phi) is 7.33. The lowest BCUT2D eigenvalue weighted by Gasteiger charge is -2.15. The quantitative estimate of drug-likeness (QED) is 0.287. The SMILES string of the molecule is COc1cc(C=Nn2c(=O)[nH]c3ccccc3c2=O)c(Br)c(Cl)c1OCc1ccc(Cl)cc1Cl. The van der Waals surface area contributed by atoms with Gasteiger partial charge in [0.1, 0.15) is 11.6 Å². The van der Waals surface area contributed by atoms with Crippen molar-refractivity contribution in [2.24, 2.45) is 5.10 Å². The number of hydrogen-bond donors (Lipinski definition) is 1. The summed E-state index contributed by atoms with van der Waals surface area (Å²) in [5.74, 6) is 0.597. The molecule has 3 aromatic carbocycles. The molecule has 0 bridgehead atoms. The molecule has 0 unspecified atom stereocenters. The molecule has 174 valence electrons. The van der Waals surface area contributed by atoms with E-state index in [9.17, 15) is 9.59 Å². The van der Waals surface area contributed by atoms with Gasteiger partial charge in [0.15, 0.2) is 11.5 Å². The highest BCUT2D eigenvalue weighted by Gasteiger charge is 2.18. The van der Waals surface area contributed by atoms with Gasteiger partial charge in [0.25, 0.3) is 5.56 Å². The predicted octanol–water partition coefficient (Wildman–Crippen LogP) is 5.88. The van der Waals surface area contributed by atoms with Crippen LogP contribution in [-0.4, -0.2) is 23.0 Å². The average molecular weight is 584 g/mol. The van der Waals surface area contributed by atoms with Crippen LogP contribution in [-0.2, 0) is 6.61 Å². The molecule has 1 N–H and O–H groups in total. The molecule has 34 heavy (non-hydrogen) atoms. The predicted molar refractivity (Wildman–Crippen MR) is 138 cm³/mol. The number of rotatable bonds is 6. The molecule has 1 aromatic heterocycles. The van der Waals surface area contributed by atoms with E-state index in [4.69, 9.17) is 44.3 Å². The standard InChI is InChI=1S/C23H15BrCl3N3O4/c1-33-18-8-13(10-28-30-22(31)15-4-2-3-5-17(15)29-23(30)32)19(24)20(27)21(18)34-11-12-6-7-14(25)9-16(12)26/h2-10H,11H2,1H3,(H,29,32). The van der Waals surface area contributed by atoms with Crippen molar-refractivity contribution in [2.75, 3.05) is 7.11 Å². The molecule has 0 saturated heterocycles. The van der Waals surface area contributed by atoms with Crippen LogP contribution in [0.4, 0.5) is 0 Å². The molecule has 0 aliphatic rings. The summed E-state index contributed by atoms with van der Waals surface area (Å²) in [6.45, 7) is 0.119. The number of nitrogens with one attached hydrogen (secondary N) is 1. The van der Waals surface area contributed by atoms with E-state index in [1.165, 1.54) is 13.3 Å². The second-order valence-corrected chi connectivity index (χ2v) is 9.00. The first-order chi connectivity index (χ1) is 16.3. The summed E-state index contributed by atoms with van der Waals surface area (Å²) in [7, 11) is 1.46. The van der Waals surface area contributed by atoms with Gasteiger partial charge in [0.05, 0.1) is 24.2 Å². The number of benzene rings is 3. The topological polar surface area (TPSA) is 85.7 Å². The molecule has 0 saturated carbocycles. The summed E-state index contributed by atoms with van der Waals surface area (Å²) < 4.78 is 12.5. The summed E-state index contributed by atoms with van der Waals surface area (Å²) in [4.78, 5) is 27.7. The number of hydrogen-bond acceptors (Lipinski definition) is 5. The molecular weight excluding hydrogens is 569 g/mol. The molecule has 0 aliphatic carbocycles. The van der Waals surface area contributed by atoms with Crippen molar-refractivity contribution >= 4 is 67.9 Å². The van der Waals surface area contributed by atoms with Gasteiger partial charge in [-0.2, -0.15) is 5.10 Å². The zero-order valence-electron chi connectivity index (χ0n) is 17.4. The molecule has 0 radical (unpaired) electrons. The van der Waals surface area contributed by atoms with Crippen LogP contribution in [0.5, 0.6) is 11.5 Å². The van der Waals surface area contributed by atoms with Gasteiger partial charge in [-0.3, -0.25) is 4.79 Å². The van der Waals surface area contributed by atoms with Gasteiger partial charge in [-0.15, -0.1) is 4.68 Å². The Morgan fingerprint density at radius 2 is 1.88 bits per heavy atom. The molecule has 11 heteroatoms. The Bertz CT molecular complexity index is 1550. The minimum Gasteiger partial charge on any atom is -0.493 e. The van der Waals surface area contributed by atoms with Crippen LogP contribution in [0, 0.1) is 0 Å². The molecule has 1 heterocycles. The van der Waals surface area contributed by atoms with Crippen molar-refractivity contribution in [3.63, 3.8) is 0 Å². The first kappa shape index (κ1) is 24.3. The fourth-order valence-electron chi connectivity index (χ4n) is 3.15. The normalized spacial score (nSPS) is 11.3. The fourth-order valence-corrected chi connectivity index (χ4v) is 4.27. The smallest absolute Gasteiger partial charge is 0.349 e. The molecule has 4 aromatic rings. The minimum atomic E-state index is -0.672. The number of aromatic nitrogens is 2. The third kappa shape index (κ3) is 4.86. The van der Waals surface area contributed by atoms with Crippen LogP contribution in [0.25, 0.3) is 10.9 Å². The number of para-hydroxylation sites is 1. The Hall–Kier alpha value is -2.78. The van der Waals surface area contributed by atoms with Gasteiger partial charge < -0.3 is 14.5 Å². The molecule has 7 nitrogen and oxygen atoms in total. The van der Waals surface area contributed by atoms with Gasteiger partial charge in [-0.25, -0.2) is 4.79 Å². The highest BCUT2D eigenvalue weighted by Crippen LogP contribution is 2.42. The highest BCUT2D eigenvalue weighted by atomic mass is 79.9. The van der Waals surface area contributed by atoms with Crippen molar-refractivity contribution in [3.8, 4) is 11.5 Å². The van der Waals surface area contributed by atoms with Crippen molar-refractivity contribution < 1.29 is 9.47 Å². The fraction of sp³-hybridized carbons (Fsp3) is 0.0870. The third-order valence-electron chi connectivity index (χ3n) is 4.86. The molecule has 0 atom stereocenters. The average Bonchev–Trinajstić information content (AvgIpc) is 2.81. The van der Waals surface area contributed by atoms with Crippen LogP contribution in [0.15, 0.2) is 67.7 Å². The lowest BCUT2D eigenvalue weighted by atomic mass is 10.2. The number of halogens is 4. The van der Waals surface area contributed by atoms with E-state index >= 15 is 0 Å². The summed E-state index contributed by atoms with van der Waals surface area (Å²) in [5, 5.41) is 5.58. The zero-order chi connectivity index (χ0) is 24.4. The first-order valence-electron chi connectivity index (χ1n) is 9.71. The Morgan fingerprint density at radius 3 is 2.62 bits per heavy atom. The zero-order valence-corrected chi connectivity index (χ0v) is 21.3. The maximum Gasteiger partial charge on any atom is 0.349 e. The Balaban J connectivity index is 1.69. The Morgan fingerprint density at radius 1 is 1.12 bits per heavy atom. The number of ether oxygens (including phenoxy) is 2. The minimum absolute atomic E-state index is 0.119. The van der Waals surface area contributed by atoms with Crippen molar-refractivity contribution in [2.45, 2.75) is 6.61 Å². The van der Waals surface area contributed by atoms with Gasteiger partial charge in [0.2, 0.25) is 0 Å².